The van der Waals surface area contributed by atoms with E-state index in [1.165, 1.54) is 4.90 Å². The number of nitrogens with one attached hydrogen (secondary N) is 1. The number of urea groups is 1. The fraction of sp³-hybridized carbons (Fsp3) is 0.579. The van der Waals surface area contributed by atoms with Gasteiger partial charge in [-0.15, -0.1) is 0 Å². The van der Waals surface area contributed by atoms with E-state index < -0.39 is 6.04 Å². The minimum absolute atomic E-state index is 0.0101. The number of hydrogen-bond acceptors (Lipinski definition) is 5. The molecule has 2 heterocycles. The highest BCUT2D eigenvalue weighted by Crippen LogP contribution is 2.59. The van der Waals surface area contributed by atoms with E-state index in [1.54, 1.807) is 14.0 Å². The lowest BCUT2D eigenvalue weighted by Crippen LogP contribution is -2.52. The zero-order valence-electron chi connectivity index (χ0n) is 14.9. The van der Waals surface area contributed by atoms with Crippen LogP contribution in [0.15, 0.2) is 12.1 Å². The van der Waals surface area contributed by atoms with Gasteiger partial charge in [0, 0.05) is 42.0 Å². The number of methoxy groups -OCH3 is 1. The lowest BCUT2D eigenvalue weighted by Gasteiger charge is -2.39. The summed E-state index contributed by atoms with van der Waals surface area (Å²) in [6.07, 6.45) is 3.55. The molecular weight excluding hydrogens is 336 g/mol. The molecule has 0 radical (unpaired) electrons. The number of rotatable bonds is 4. The molecule has 2 aliphatic heterocycles. The first kappa shape index (κ1) is 15.8. The fourth-order valence-corrected chi connectivity index (χ4v) is 4.24. The Kier molecular flexibility index (Phi) is 3.21. The van der Waals surface area contributed by atoms with Crippen molar-refractivity contribution in [3.05, 3.63) is 17.7 Å². The minimum Gasteiger partial charge on any atom is -0.496 e. The van der Waals surface area contributed by atoms with Crippen molar-refractivity contribution in [2.45, 2.75) is 56.2 Å². The van der Waals surface area contributed by atoms with Crippen molar-refractivity contribution in [2.75, 3.05) is 13.7 Å². The van der Waals surface area contributed by atoms with Crippen LogP contribution < -0.4 is 19.5 Å². The van der Waals surface area contributed by atoms with Gasteiger partial charge in [-0.2, -0.15) is 0 Å². The second-order valence-corrected chi connectivity index (χ2v) is 7.81. The normalized spacial score (nSPS) is 30.5. The molecule has 3 fully saturated rings. The highest BCUT2D eigenvalue weighted by molar-refractivity contribution is 6.04. The lowest BCUT2D eigenvalue weighted by molar-refractivity contribution is -0.131. The van der Waals surface area contributed by atoms with Crippen LogP contribution in [0.5, 0.6) is 17.2 Å². The number of carbonyl (C=O) groups excluding carboxylic acids is 2. The van der Waals surface area contributed by atoms with E-state index in [-0.39, 0.29) is 29.5 Å². The Morgan fingerprint density at radius 2 is 2.04 bits per heavy atom. The van der Waals surface area contributed by atoms with Gasteiger partial charge in [-0.25, -0.2) is 4.79 Å². The fourth-order valence-electron chi connectivity index (χ4n) is 4.24. The molecule has 2 saturated carbocycles. The van der Waals surface area contributed by atoms with Crippen molar-refractivity contribution in [1.29, 1.82) is 0 Å². The topological polar surface area (TPSA) is 77.1 Å². The summed E-state index contributed by atoms with van der Waals surface area (Å²) < 4.78 is 17.5. The van der Waals surface area contributed by atoms with E-state index in [4.69, 9.17) is 14.2 Å². The minimum atomic E-state index is -0.434. The maximum atomic E-state index is 12.1. The third kappa shape index (κ3) is 2.19. The molecule has 0 unspecified atom stereocenters. The molecule has 4 aliphatic rings. The standard InChI is InChI=1S/C19H22N2O5/c1-10-17(22)21(18(23)20-10)11-5-13(6-11)26-15-8-12(24-2)7-14-16(15)19(3-4-19)9-25-14/h7-8,10-11,13H,3-6,9H2,1-2H3,(H,20,23)/t10-,11?,13?/m1/s1. The molecule has 1 spiro atoms. The lowest BCUT2D eigenvalue weighted by atomic mass is 9.87. The second kappa shape index (κ2) is 5.28. The zero-order chi connectivity index (χ0) is 18.1. The Balaban J connectivity index is 1.32. The Morgan fingerprint density at radius 1 is 1.27 bits per heavy atom. The smallest absolute Gasteiger partial charge is 0.325 e. The summed E-state index contributed by atoms with van der Waals surface area (Å²) in [5, 5.41) is 2.66. The van der Waals surface area contributed by atoms with E-state index in [0.29, 0.717) is 19.4 Å². The average Bonchev–Trinajstić information content (AvgIpc) is 3.20. The Morgan fingerprint density at radius 3 is 2.65 bits per heavy atom. The number of benzene rings is 1. The summed E-state index contributed by atoms with van der Waals surface area (Å²) in [4.78, 5) is 25.4. The SMILES string of the molecule is COc1cc2c(c(OC3CC(N4C(=O)N[C@H](C)C4=O)C3)c1)C1(CC1)CO2. The molecule has 1 atom stereocenters. The van der Waals surface area contributed by atoms with E-state index in [2.05, 4.69) is 5.32 Å². The first-order valence-corrected chi connectivity index (χ1v) is 9.16. The third-order valence-electron chi connectivity index (χ3n) is 6.06. The van der Waals surface area contributed by atoms with Crippen LogP contribution in [0.4, 0.5) is 4.79 Å². The molecule has 26 heavy (non-hydrogen) atoms. The summed E-state index contributed by atoms with van der Waals surface area (Å²) in [5.41, 5.74) is 1.27. The molecule has 7 nitrogen and oxygen atoms in total. The first-order chi connectivity index (χ1) is 12.5. The third-order valence-corrected chi connectivity index (χ3v) is 6.06. The molecule has 0 bridgehead atoms. The largest absolute Gasteiger partial charge is 0.496 e. The Labute approximate surface area is 151 Å². The number of imide groups is 1. The number of ether oxygens (including phenoxy) is 3. The van der Waals surface area contributed by atoms with Crippen molar-refractivity contribution < 1.29 is 23.8 Å². The number of hydrogen-bond donors (Lipinski definition) is 1. The van der Waals surface area contributed by atoms with Gasteiger partial charge in [-0.1, -0.05) is 0 Å². The molecule has 0 aromatic heterocycles. The summed E-state index contributed by atoms with van der Waals surface area (Å²) in [6, 6.07) is 3.04. The Hall–Kier alpha value is -2.44. The Bertz CT molecular complexity index is 797. The molecule has 7 heteroatoms. The van der Waals surface area contributed by atoms with Gasteiger partial charge in [-0.05, 0) is 19.8 Å². The molecule has 1 N–H and O–H groups in total. The van der Waals surface area contributed by atoms with Gasteiger partial charge >= 0.3 is 6.03 Å². The summed E-state index contributed by atoms with van der Waals surface area (Å²) >= 11 is 0. The monoisotopic (exact) mass is 358 g/mol. The molecule has 1 aromatic carbocycles. The van der Waals surface area contributed by atoms with E-state index in [1.807, 2.05) is 12.1 Å². The van der Waals surface area contributed by atoms with Crippen LogP contribution in [0.2, 0.25) is 0 Å². The zero-order valence-corrected chi connectivity index (χ0v) is 14.9. The molecule has 3 amide bonds. The second-order valence-electron chi connectivity index (χ2n) is 7.81. The summed E-state index contributed by atoms with van der Waals surface area (Å²) in [6.45, 7) is 2.42. The van der Waals surface area contributed by atoms with E-state index in [0.717, 1.165) is 35.7 Å². The maximum absolute atomic E-state index is 12.1. The van der Waals surface area contributed by atoms with Gasteiger partial charge in [0.1, 0.15) is 29.4 Å². The summed E-state index contributed by atoms with van der Waals surface area (Å²) in [7, 11) is 1.63. The molecular formula is C19H22N2O5. The van der Waals surface area contributed by atoms with Gasteiger partial charge in [0.05, 0.1) is 13.7 Å². The predicted octanol–water partition coefficient (Wildman–Crippen LogP) is 1.97. The van der Waals surface area contributed by atoms with Gasteiger partial charge in [0.15, 0.2) is 0 Å². The molecule has 1 aromatic rings. The van der Waals surface area contributed by atoms with Crippen LogP contribution in [0.1, 0.15) is 38.2 Å². The van der Waals surface area contributed by atoms with Gasteiger partial charge in [0.25, 0.3) is 5.91 Å². The highest BCUT2D eigenvalue weighted by Gasteiger charge is 2.53. The quantitative estimate of drug-likeness (QED) is 0.833. The number of fused-ring (bicyclic) bond motifs is 2. The number of amides is 3. The van der Waals surface area contributed by atoms with Gasteiger partial charge in [0.2, 0.25) is 0 Å². The molecule has 1 saturated heterocycles. The van der Waals surface area contributed by atoms with Gasteiger partial charge in [-0.3, -0.25) is 9.69 Å². The number of carbonyl (C=O) groups is 2. The van der Waals surface area contributed by atoms with Crippen molar-refractivity contribution in [3.8, 4) is 17.2 Å². The van der Waals surface area contributed by atoms with E-state index in [9.17, 15) is 9.59 Å². The van der Waals surface area contributed by atoms with Crippen LogP contribution in [0.3, 0.4) is 0 Å². The highest BCUT2D eigenvalue weighted by atomic mass is 16.5. The van der Waals surface area contributed by atoms with Crippen molar-refractivity contribution in [2.24, 2.45) is 0 Å². The van der Waals surface area contributed by atoms with E-state index >= 15 is 0 Å². The van der Waals surface area contributed by atoms with Gasteiger partial charge < -0.3 is 19.5 Å². The van der Waals surface area contributed by atoms with Crippen LogP contribution in [0, 0.1) is 0 Å². The first-order valence-electron chi connectivity index (χ1n) is 9.16. The van der Waals surface area contributed by atoms with Crippen LogP contribution in [-0.4, -0.2) is 48.7 Å². The number of nitrogens with zero attached hydrogens (tertiary/aromatic N) is 1. The molecule has 5 rings (SSSR count). The van der Waals surface area contributed by atoms with Crippen molar-refractivity contribution >= 4 is 11.9 Å². The van der Waals surface area contributed by atoms with Crippen LogP contribution in [-0.2, 0) is 10.2 Å². The molecule has 2 aliphatic carbocycles. The van der Waals surface area contributed by atoms with Crippen molar-refractivity contribution in [1.82, 2.24) is 10.2 Å². The maximum Gasteiger partial charge on any atom is 0.325 e. The molecule has 138 valence electrons. The predicted molar refractivity (Wildman–Crippen MR) is 91.7 cm³/mol. The van der Waals surface area contributed by atoms with Crippen molar-refractivity contribution in [3.63, 3.8) is 0 Å². The van der Waals surface area contributed by atoms with Crippen LogP contribution in [0.25, 0.3) is 0 Å². The summed E-state index contributed by atoms with van der Waals surface area (Å²) in [5.74, 6) is 2.25. The average molecular weight is 358 g/mol. The van der Waals surface area contributed by atoms with Crippen LogP contribution >= 0.6 is 0 Å².